The number of anilines is 2. The van der Waals surface area contributed by atoms with Crippen LogP contribution in [0.15, 0.2) is 42.5 Å². The number of fused-ring (bicyclic) bond motifs is 3. The molecule has 0 bridgehead atoms. The lowest BCUT2D eigenvalue weighted by Gasteiger charge is -2.31. The lowest BCUT2D eigenvalue weighted by molar-refractivity contribution is -0.123. The zero-order valence-electron chi connectivity index (χ0n) is 16.9. The minimum atomic E-state index is -0.547. The van der Waals surface area contributed by atoms with E-state index >= 15 is 0 Å². The number of benzene rings is 2. The Hall–Kier alpha value is -3.52. The third kappa shape index (κ3) is 3.38. The second-order valence-electron chi connectivity index (χ2n) is 8.01. The van der Waals surface area contributed by atoms with Crippen LogP contribution in [0.5, 0.6) is 0 Å². The Balaban J connectivity index is 1.38. The average molecular weight is 420 g/mol. The summed E-state index contributed by atoms with van der Waals surface area (Å²) in [5.41, 5.74) is 4.00. The highest BCUT2D eigenvalue weighted by molar-refractivity contribution is 6.22. The molecule has 0 unspecified atom stereocenters. The molecule has 2 aromatic carbocycles. The minimum Gasteiger partial charge on any atom is -0.358 e. The largest absolute Gasteiger partial charge is 0.358 e. The van der Waals surface area contributed by atoms with Crippen LogP contribution in [0.2, 0.25) is 0 Å². The highest BCUT2D eigenvalue weighted by atomic mass is 19.1. The summed E-state index contributed by atoms with van der Waals surface area (Å²) in [5.74, 6) is -1.00. The number of nitrogens with zero attached hydrogens (tertiary/aromatic N) is 2. The number of halogens is 1. The van der Waals surface area contributed by atoms with Gasteiger partial charge in [-0.1, -0.05) is 0 Å². The molecule has 0 saturated carbocycles. The third-order valence-electron chi connectivity index (χ3n) is 5.98. The van der Waals surface area contributed by atoms with Crippen molar-refractivity contribution in [2.75, 3.05) is 16.8 Å². The fourth-order valence-electron chi connectivity index (χ4n) is 4.54. The number of aromatic amines is 1. The lowest BCUT2D eigenvalue weighted by atomic mass is 10.0. The van der Waals surface area contributed by atoms with Gasteiger partial charge >= 0.3 is 0 Å². The van der Waals surface area contributed by atoms with Crippen LogP contribution < -0.4 is 10.2 Å². The van der Waals surface area contributed by atoms with Crippen LogP contribution >= 0.6 is 0 Å². The van der Waals surface area contributed by atoms with E-state index in [0.29, 0.717) is 30.9 Å². The third-order valence-corrected chi connectivity index (χ3v) is 5.98. The molecule has 0 radical (unpaired) electrons. The van der Waals surface area contributed by atoms with Gasteiger partial charge in [-0.05, 0) is 48.0 Å². The van der Waals surface area contributed by atoms with Gasteiger partial charge in [0.1, 0.15) is 5.82 Å². The highest BCUT2D eigenvalue weighted by Crippen LogP contribution is 2.33. The smallest absolute Gasteiger partial charge is 0.251 e. The summed E-state index contributed by atoms with van der Waals surface area (Å²) in [5, 5.41) is 3.49. The van der Waals surface area contributed by atoms with Crippen LogP contribution in [0.4, 0.5) is 15.8 Å². The summed E-state index contributed by atoms with van der Waals surface area (Å²) >= 11 is 0. The topological polar surface area (TPSA) is 85.5 Å². The maximum absolute atomic E-state index is 13.8. The molecule has 3 aromatic rings. The first-order valence-corrected chi connectivity index (χ1v) is 10.2. The van der Waals surface area contributed by atoms with Gasteiger partial charge in [0.25, 0.3) is 5.91 Å². The number of carbonyl (C=O) groups is 3. The molecule has 1 fully saturated rings. The van der Waals surface area contributed by atoms with Gasteiger partial charge < -0.3 is 10.3 Å². The molecule has 1 aromatic heterocycles. The molecule has 31 heavy (non-hydrogen) atoms. The van der Waals surface area contributed by atoms with E-state index in [4.69, 9.17) is 0 Å². The van der Waals surface area contributed by atoms with Crippen molar-refractivity contribution >= 4 is 40.0 Å². The normalized spacial score (nSPS) is 19.2. The van der Waals surface area contributed by atoms with E-state index in [1.807, 2.05) is 4.90 Å². The molecule has 3 amide bonds. The number of hydrogen-bond acceptors (Lipinski definition) is 4. The Labute approximate surface area is 177 Å². The van der Waals surface area contributed by atoms with Crippen molar-refractivity contribution in [3.05, 3.63) is 59.5 Å². The quantitative estimate of drug-likeness (QED) is 0.638. The molecule has 158 valence electrons. The van der Waals surface area contributed by atoms with Gasteiger partial charge in [0, 0.05) is 48.7 Å². The average Bonchev–Trinajstić information content (AvgIpc) is 3.24. The maximum atomic E-state index is 13.8. The molecule has 3 heterocycles. The van der Waals surface area contributed by atoms with Crippen molar-refractivity contribution < 1.29 is 18.8 Å². The molecule has 1 atom stereocenters. The van der Waals surface area contributed by atoms with Crippen LogP contribution in [0.1, 0.15) is 24.6 Å². The van der Waals surface area contributed by atoms with E-state index < -0.39 is 6.04 Å². The number of carbonyl (C=O) groups excluding carboxylic acids is 3. The summed E-state index contributed by atoms with van der Waals surface area (Å²) < 4.78 is 13.8. The number of rotatable bonds is 3. The molecule has 2 aliphatic heterocycles. The number of H-pyrrole nitrogens is 1. The van der Waals surface area contributed by atoms with Gasteiger partial charge in [-0.15, -0.1) is 0 Å². The van der Waals surface area contributed by atoms with Gasteiger partial charge in [0.2, 0.25) is 11.8 Å². The van der Waals surface area contributed by atoms with Crippen molar-refractivity contribution in [1.29, 1.82) is 0 Å². The Morgan fingerprint density at radius 2 is 1.94 bits per heavy atom. The molecule has 0 aliphatic carbocycles. The number of nitrogens with one attached hydrogen (secondary N) is 2. The van der Waals surface area contributed by atoms with E-state index in [1.54, 1.807) is 30.3 Å². The highest BCUT2D eigenvalue weighted by Gasteiger charge is 2.43. The van der Waals surface area contributed by atoms with E-state index in [1.165, 1.54) is 24.0 Å². The monoisotopic (exact) mass is 420 g/mol. The van der Waals surface area contributed by atoms with Crippen LogP contribution in [0.3, 0.4) is 0 Å². The van der Waals surface area contributed by atoms with Gasteiger partial charge in [0.15, 0.2) is 0 Å². The fourth-order valence-corrected chi connectivity index (χ4v) is 4.54. The molecule has 8 heteroatoms. The van der Waals surface area contributed by atoms with Crippen LogP contribution in [0, 0.1) is 5.82 Å². The molecule has 2 aliphatic rings. The minimum absolute atomic E-state index is 0.109. The van der Waals surface area contributed by atoms with E-state index in [2.05, 4.69) is 10.3 Å². The van der Waals surface area contributed by atoms with Crippen molar-refractivity contribution in [3.8, 4) is 0 Å². The molecule has 2 N–H and O–H groups in total. The maximum Gasteiger partial charge on any atom is 0.251 e. The molecular formula is C23H21FN4O3. The summed E-state index contributed by atoms with van der Waals surface area (Å²) in [4.78, 5) is 43.6. The molecular weight excluding hydrogens is 399 g/mol. The summed E-state index contributed by atoms with van der Waals surface area (Å²) in [7, 11) is 0. The Kier molecular flexibility index (Phi) is 4.59. The SMILES string of the molecule is CC(=O)Nc1ccc(N2C(=O)C[C@@H](N3CCc4[nH]c5ccc(F)cc5c4C3)C2=O)cc1. The standard InChI is InChI=1S/C23H21FN4O3/c1-13(29)25-15-3-5-16(6-4-15)28-22(30)11-21(23(28)31)27-9-8-20-18(12-27)17-10-14(24)2-7-19(17)26-20/h2-7,10,21,26H,8-9,11-12H2,1H3,(H,25,29)/t21-/m1/s1. The van der Waals surface area contributed by atoms with Crippen molar-refractivity contribution in [2.24, 2.45) is 0 Å². The van der Waals surface area contributed by atoms with E-state index in [0.717, 1.165) is 22.2 Å². The van der Waals surface area contributed by atoms with Crippen molar-refractivity contribution in [2.45, 2.75) is 32.4 Å². The van der Waals surface area contributed by atoms with Crippen LogP contribution in [0.25, 0.3) is 10.9 Å². The summed E-state index contributed by atoms with van der Waals surface area (Å²) in [6.45, 7) is 2.54. The number of amides is 3. The second-order valence-corrected chi connectivity index (χ2v) is 8.01. The van der Waals surface area contributed by atoms with Crippen molar-refractivity contribution in [3.63, 3.8) is 0 Å². The van der Waals surface area contributed by atoms with Gasteiger partial charge in [-0.25, -0.2) is 9.29 Å². The zero-order valence-corrected chi connectivity index (χ0v) is 16.9. The fraction of sp³-hybridized carbons (Fsp3) is 0.261. The predicted octanol–water partition coefficient (Wildman–Crippen LogP) is 2.96. The summed E-state index contributed by atoms with van der Waals surface area (Å²) in [6.07, 6.45) is 0.813. The predicted molar refractivity (Wildman–Crippen MR) is 114 cm³/mol. The Morgan fingerprint density at radius 1 is 1.16 bits per heavy atom. The number of imide groups is 1. The summed E-state index contributed by atoms with van der Waals surface area (Å²) in [6, 6.07) is 10.8. The molecule has 0 spiro atoms. The lowest BCUT2D eigenvalue weighted by Crippen LogP contribution is -2.44. The van der Waals surface area contributed by atoms with Gasteiger partial charge in [-0.3, -0.25) is 19.3 Å². The first kappa shape index (κ1) is 19.4. The second kappa shape index (κ2) is 7.31. The van der Waals surface area contributed by atoms with Crippen LogP contribution in [-0.4, -0.2) is 40.2 Å². The number of aromatic nitrogens is 1. The van der Waals surface area contributed by atoms with Crippen molar-refractivity contribution in [1.82, 2.24) is 9.88 Å². The molecule has 7 nitrogen and oxygen atoms in total. The van der Waals surface area contributed by atoms with Gasteiger partial charge in [0.05, 0.1) is 18.2 Å². The Morgan fingerprint density at radius 3 is 2.68 bits per heavy atom. The molecule has 1 saturated heterocycles. The molecule has 5 rings (SSSR count). The Bertz CT molecular complexity index is 1220. The number of hydrogen-bond donors (Lipinski definition) is 2. The van der Waals surface area contributed by atoms with E-state index in [9.17, 15) is 18.8 Å². The van der Waals surface area contributed by atoms with Gasteiger partial charge in [-0.2, -0.15) is 0 Å². The van der Waals surface area contributed by atoms with E-state index in [-0.39, 0.29) is 30.0 Å². The first-order valence-electron chi connectivity index (χ1n) is 10.2. The zero-order chi connectivity index (χ0) is 21.7. The van der Waals surface area contributed by atoms with Crippen LogP contribution in [-0.2, 0) is 27.3 Å². The first-order chi connectivity index (χ1) is 14.9.